The van der Waals surface area contributed by atoms with Crippen LogP contribution in [0.25, 0.3) is 11.1 Å². The summed E-state index contributed by atoms with van der Waals surface area (Å²) in [6.45, 7) is 2.06. The zero-order valence-corrected chi connectivity index (χ0v) is 11.4. The molecule has 0 saturated heterocycles. The highest BCUT2D eigenvalue weighted by molar-refractivity contribution is 5.98. The van der Waals surface area contributed by atoms with Crippen molar-refractivity contribution in [3.8, 4) is 16.9 Å². The quantitative estimate of drug-likeness (QED) is 0.866. The van der Waals surface area contributed by atoms with Crippen LogP contribution in [0.2, 0.25) is 0 Å². The van der Waals surface area contributed by atoms with Gasteiger partial charge < -0.3 is 15.2 Å². The Morgan fingerprint density at radius 1 is 1.30 bits per heavy atom. The molecule has 2 rings (SSSR count). The van der Waals surface area contributed by atoms with Gasteiger partial charge in [-0.1, -0.05) is 18.2 Å². The Kier molecular flexibility index (Phi) is 4.20. The highest BCUT2D eigenvalue weighted by Gasteiger charge is 2.17. The molecule has 1 aromatic carbocycles. The van der Waals surface area contributed by atoms with Gasteiger partial charge in [0.25, 0.3) is 0 Å². The number of hydrogen-bond donors (Lipinski definition) is 1. The first-order valence-electron chi connectivity index (χ1n) is 6.23. The van der Waals surface area contributed by atoms with Crippen molar-refractivity contribution in [2.75, 3.05) is 19.5 Å². The maximum atomic E-state index is 12.0. The van der Waals surface area contributed by atoms with Gasteiger partial charge in [0.1, 0.15) is 11.6 Å². The van der Waals surface area contributed by atoms with Gasteiger partial charge in [0, 0.05) is 17.3 Å². The number of pyridine rings is 1. The van der Waals surface area contributed by atoms with Crippen molar-refractivity contribution in [3.05, 3.63) is 42.1 Å². The number of nitrogens with zero attached hydrogens (tertiary/aromatic N) is 1. The van der Waals surface area contributed by atoms with E-state index >= 15 is 0 Å². The normalized spacial score (nSPS) is 10.1. The molecule has 20 heavy (non-hydrogen) atoms. The van der Waals surface area contributed by atoms with Crippen molar-refractivity contribution in [3.63, 3.8) is 0 Å². The lowest BCUT2D eigenvalue weighted by atomic mass is 10.0. The highest BCUT2D eigenvalue weighted by atomic mass is 16.5. The number of methoxy groups -OCH3 is 1. The lowest BCUT2D eigenvalue weighted by Crippen LogP contribution is -2.08. The van der Waals surface area contributed by atoms with Crippen LogP contribution < -0.4 is 10.5 Å². The van der Waals surface area contributed by atoms with Gasteiger partial charge in [-0.05, 0) is 19.1 Å². The van der Waals surface area contributed by atoms with Crippen molar-refractivity contribution in [2.24, 2.45) is 0 Å². The molecule has 0 fully saturated rings. The fraction of sp³-hybridized carbons (Fsp3) is 0.200. The molecule has 0 radical (unpaired) electrons. The number of para-hydroxylation sites is 1. The third kappa shape index (κ3) is 2.71. The SMILES string of the molecule is CCOC(=O)c1cnc(N)cc1-c1ccccc1OC. The maximum absolute atomic E-state index is 12.0. The lowest BCUT2D eigenvalue weighted by molar-refractivity contribution is 0.0527. The second kappa shape index (κ2) is 6.06. The smallest absolute Gasteiger partial charge is 0.340 e. The third-order valence-electron chi connectivity index (χ3n) is 2.82. The van der Waals surface area contributed by atoms with Crippen molar-refractivity contribution in [1.29, 1.82) is 0 Å². The molecule has 0 bridgehead atoms. The van der Waals surface area contributed by atoms with Crippen LogP contribution in [0.1, 0.15) is 17.3 Å². The first-order chi connectivity index (χ1) is 9.67. The van der Waals surface area contributed by atoms with Crippen LogP contribution in [0.3, 0.4) is 0 Å². The number of carbonyl (C=O) groups excluding carboxylic acids is 1. The van der Waals surface area contributed by atoms with Gasteiger partial charge >= 0.3 is 5.97 Å². The third-order valence-corrected chi connectivity index (χ3v) is 2.82. The second-order valence-electron chi connectivity index (χ2n) is 4.08. The molecule has 0 spiro atoms. The van der Waals surface area contributed by atoms with Crippen LogP contribution in [-0.2, 0) is 4.74 Å². The van der Waals surface area contributed by atoms with E-state index in [1.165, 1.54) is 6.20 Å². The van der Waals surface area contributed by atoms with Gasteiger partial charge in [-0.15, -0.1) is 0 Å². The minimum Gasteiger partial charge on any atom is -0.496 e. The molecular weight excluding hydrogens is 256 g/mol. The number of esters is 1. The second-order valence-corrected chi connectivity index (χ2v) is 4.08. The average Bonchev–Trinajstić information content (AvgIpc) is 2.47. The number of aromatic nitrogens is 1. The zero-order valence-electron chi connectivity index (χ0n) is 11.4. The molecule has 0 aliphatic rings. The highest BCUT2D eigenvalue weighted by Crippen LogP contribution is 2.33. The van der Waals surface area contributed by atoms with Gasteiger partial charge in [-0.3, -0.25) is 0 Å². The van der Waals surface area contributed by atoms with E-state index in [1.54, 1.807) is 20.1 Å². The Bertz CT molecular complexity index is 626. The number of carbonyl (C=O) groups is 1. The summed E-state index contributed by atoms with van der Waals surface area (Å²) in [5, 5.41) is 0. The Morgan fingerprint density at radius 3 is 2.75 bits per heavy atom. The molecule has 0 saturated carbocycles. The molecule has 5 nitrogen and oxygen atoms in total. The Morgan fingerprint density at radius 2 is 2.05 bits per heavy atom. The molecule has 1 heterocycles. The van der Waals surface area contributed by atoms with E-state index in [0.29, 0.717) is 29.3 Å². The first-order valence-corrected chi connectivity index (χ1v) is 6.23. The molecule has 104 valence electrons. The molecule has 0 unspecified atom stereocenters. The lowest BCUT2D eigenvalue weighted by Gasteiger charge is -2.12. The summed E-state index contributed by atoms with van der Waals surface area (Å²) in [5.74, 6) is 0.559. The molecule has 0 aliphatic heterocycles. The molecular formula is C15H16N2O3. The number of ether oxygens (including phenoxy) is 2. The summed E-state index contributed by atoms with van der Waals surface area (Å²) in [7, 11) is 1.58. The van der Waals surface area contributed by atoms with Gasteiger partial charge in [0.05, 0.1) is 19.3 Å². The summed E-state index contributed by atoms with van der Waals surface area (Å²) >= 11 is 0. The van der Waals surface area contributed by atoms with E-state index in [9.17, 15) is 4.79 Å². The van der Waals surface area contributed by atoms with E-state index in [0.717, 1.165) is 5.56 Å². The molecule has 1 aromatic heterocycles. The predicted octanol–water partition coefficient (Wildman–Crippen LogP) is 2.52. The molecule has 2 N–H and O–H groups in total. The summed E-state index contributed by atoms with van der Waals surface area (Å²) in [6, 6.07) is 9.04. The Labute approximate surface area is 117 Å². The van der Waals surface area contributed by atoms with Gasteiger partial charge in [0.2, 0.25) is 0 Å². The number of benzene rings is 1. The number of nitrogen functional groups attached to an aromatic ring is 1. The monoisotopic (exact) mass is 272 g/mol. The minimum absolute atomic E-state index is 0.300. The van der Waals surface area contributed by atoms with E-state index in [-0.39, 0.29) is 0 Å². The average molecular weight is 272 g/mol. The van der Waals surface area contributed by atoms with Crippen molar-refractivity contribution >= 4 is 11.8 Å². The number of nitrogens with two attached hydrogens (primary N) is 1. The van der Waals surface area contributed by atoms with Gasteiger partial charge in [0.15, 0.2) is 0 Å². The van der Waals surface area contributed by atoms with Gasteiger partial charge in [-0.2, -0.15) is 0 Å². The number of rotatable bonds is 4. The van der Waals surface area contributed by atoms with Crippen LogP contribution >= 0.6 is 0 Å². The number of anilines is 1. The van der Waals surface area contributed by atoms with E-state index in [2.05, 4.69) is 4.98 Å². The van der Waals surface area contributed by atoms with E-state index < -0.39 is 5.97 Å². The fourth-order valence-corrected chi connectivity index (χ4v) is 1.93. The maximum Gasteiger partial charge on any atom is 0.340 e. The molecule has 0 aliphatic carbocycles. The largest absolute Gasteiger partial charge is 0.496 e. The van der Waals surface area contributed by atoms with Crippen LogP contribution in [0, 0.1) is 0 Å². The van der Waals surface area contributed by atoms with Crippen LogP contribution in [0.15, 0.2) is 36.5 Å². The summed E-state index contributed by atoms with van der Waals surface area (Å²) in [6.07, 6.45) is 1.43. The molecule has 0 atom stereocenters. The Balaban J connectivity index is 2.60. The minimum atomic E-state index is -0.430. The molecule has 5 heteroatoms. The Hall–Kier alpha value is -2.56. The topological polar surface area (TPSA) is 74.4 Å². The molecule has 2 aromatic rings. The van der Waals surface area contributed by atoms with Crippen LogP contribution in [-0.4, -0.2) is 24.7 Å². The number of hydrogen-bond acceptors (Lipinski definition) is 5. The standard InChI is InChI=1S/C15H16N2O3/c1-3-20-15(18)12-9-17-14(16)8-11(12)10-6-4-5-7-13(10)19-2/h4-9H,3H2,1-2H3,(H2,16,17). The summed E-state index contributed by atoms with van der Waals surface area (Å²) in [4.78, 5) is 16.0. The zero-order chi connectivity index (χ0) is 14.5. The van der Waals surface area contributed by atoms with E-state index in [1.807, 2.05) is 24.3 Å². The van der Waals surface area contributed by atoms with E-state index in [4.69, 9.17) is 15.2 Å². The van der Waals surface area contributed by atoms with Crippen LogP contribution in [0.5, 0.6) is 5.75 Å². The summed E-state index contributed by atoms with van der Waals surface area (Å²) in [5.41, 5.74) is 7.51. The van der Waals surface area contributed by atoms with Gasteiger partial charge in [-0.25, -0.2) is 9.78 Å². The van der Waals surface area contributed by atoms with Crippen LogP contribution in [0.4, 0.5) is 5.82 Å². The summed E-state index contributed by atoms with van der Waals surface area (Å²) < 4.78 is 10.4. The predicted molar refractivity (Wildman–Crippen MR) is 76.6 cm³/mol. The fourth-order valence-electron chi connectivity index (χ4n) is 1.93. The molecule has 0 amide bonds. The first kappa shape index (κ1) is 13.9. The van der Waals surface area contributed by atoms with Crippen molar-refractivity contribution < 1.29 is 14.3 Å². The van der Waals surface area contributed by atoms with Crippen molar-refractivity contribution in [1.82, 2.24) is 4.98 Å². The van der Waals surface area contributed by atoms with Crippen molar-refractivity contribution in [2.45, 2.75) is 6.92 Å².